The van der Waals surface area contributed by atoms with Crippen LogP contribution in [-0.4, -0.2) is 67.5 Å². The molecule has 0 aliphatic carbocycles. The number of nitrogen functional groups attached to an aromatic ring is 2. The molecule has 2 heterocycles. The summed E-state index contributed by atoms with van der Waals surface area (Å²) in [5.41, 5.74) is 16.3. The number of hydrogen-bond acceptors (Lipinski definition) is 9. The quantitative estimate of drug-likeness (QED) is 0.177. The third-order valence-corrected chi connectivity index (χ3v) is 8.66. The maximum absolute atomic E-state index is 13.2. The van der Waals surface area contributed by atoms with E-state index in [4.69, 9.17) is 30.4 Å². The summed E-state index contributed by atoms with van der Waals surface area (Å²) < 4.78 is 22.8. The van der Waals surface area contributed by atoms with Crippen molar-refractivity contribution in [3.05, 3.63) is 89.0 Å². The van der Waals surface area contributed by atoms with Crippen LogP contribution < -0.4 is 26.8 Å². The Kier molecular flexibility index (Phi) is 11.0. The minimum atomic E-state index is -1.02. The lowest BCUT2D eigenvalue weighted by molar-refractivity contribution is -0.124. The number of amides is 2. The molecule has 11 nitrogen and oxygen atoms in total. The summed E-state index contributed by atoms with van der Waals surface area (Å²) in [6.45, 7) is 4.22. The smallest absolute Gasteiger partial charge is 0.407 e. The summed E-state index contributed by atoms with van der Waals surface area (Å²) >= 11 is 0. The molecule has 2 aliphatic heterocycles. The van der Waals surface area contributed by atoms with Crippen molar-refractivity contribution >= 4 is 23.4 Å². The minimum absolute atomic E-state index is 0.00631. The third-order valence-electron chi connectivity index (χ3n) is 8.66. The molecule has 0 aromatic heterocycles. The molecule has 11 heteroatoms. The normalized spacial score (nSPS) is 20.7. The Bertz CT molecular complexity index is 1470. The van der Waals surface area contributed by atoms with Gasteiger partial charge in [-0.2, -0.15) is 0 Å². The van der Waals surface area contributed by atoms with Crippen LogP contribution in [0.2, 0.25) is 0 Å². The molecular formula is C35H44N4O7. The fourth-order valence-corrected chi connectivity index (χ4v) is 6.21. The molecule has 0 unspecified atom stereocenters. The Hall–Kier alpha value is -4.32. The number of nitrogens with one attached hydrogen (secondary N) is 2. The van der Waals surface area contributed by atoms with Crippen LogP contribution in [0.5, 0.6) is 5.75 Å². The van der Waals surface area contributed by atoms with E-state index in [0.717, 1.165) is 23.1 Å². The lowest BCUT2D eigenvalue weighted by Gasteiger charge is -2.29. The Labute approximate surface area is 269 Å². The van der Waals surface area contributed by atoms with Crippen molar-refractivity contribution in [2.45, 2.75) is 70.1 Å². The summed E-state index contributed by atoms with van der Waals surface area (Å²) in [4.78, 5) is 26.3. The predicted molar refractivity (Wildman–Crippen MR) is 174 cm³/mol. The van der Waals surface area contributed by atoms with E-state index in [1.54, 1.807) is 13.0 Å². The Morgan fingerprint density at radius 3 is 2.35 bits per heavy atom. The van der Waals surface area contributed by atoms with Gasteiger partial charge in [0.05, 0.1) is 42.7 Å². The molecule has 7 N–H and O–H groups in total. The molecule has 0 saturated carbocycles. The molecule has 3 aromatic rings. The van der Waals surface area contributed by atoms with Crippen LogP contribution in [-0.2, 0) is 31.8 Å². The van der Waals surface area contributed by atoms with Gasteiger partial charge in [0, 0.05) is 11.6 Å². The number of benzene rings is 3. The number of aliphatic hydroxyl groups is 1. The van der Waals surface area contributed by atoms with Crippen LogP contribution in [0.4, 0.5) is 16.2 Å². The molecule has 2 amide bonds. The Morgan fingerprint density at radius 1 is 0.978 bits per heavy atom. The van der Waals surface area contributed by atoms with Crippen LogP contribution >= 0.6 is 0 Å². The van der Waals surface area contributed by atoms with E-state index in [-0.39, 0.29) is 37.7 Å². The second-order valence-electron chi connectivity index (χ2n) is 12.1. The van der Waals surface area contributed by atoms with Gasteiger partial charge < -0.3 is 46.2 Å². The van der Waals surface area contributed by atoms with Crippen LogP contribution in [0.15, 0.2) is 66.7 Å². The lowest BCUT2D eigenvalue weighted by atomic mass is 9.93. The van der Waals surface area contributed by atoms with E-state index in [1.165, 1.54) is 0 Å². The summed E-state index contributed by atoms with van der Waals surface area (Å²) in [5.74, 6) is 0.146. The van der Waals surface area contributed by atoms with Gasteiger partial charge in [-0.3, -0.25) is 4.79 Å². The largest absolute Gasteiger partial charge is 0.483 e. The van der Waals surface area contributed by atoms with E-state index >= 15 is 0 Å². The van der Waals surface area contributed by atoms with E-state index < -0.39 is 30.4 Å². The number of nitrogens with two attached hydrogens (primary N) is 2. The fraction of sp³-hybridized carbons (Fsp3) is 0.429. The van der Waals surface area contributed by atoms with Crippen LogP contribution in [0.25, 0.3) is 0 Å². The van der Waals surface area contributed by atoms with Crippen molar-refractivity contribution in [1.29, 1.82) is 0 Å². The molecule has 2 saturated heterocycles. The molecular weight excluding hydrogens is 588 g/mol. The van der Waals surface area contributed by atoms with Gasteiger partial charge in [-0.1, -0.05) is 60.7 Å². The number of aliphatic hydroxyl groups excluding tert-OH is 1. The highest BCUT2D eigenvalue weighted by atomic mass is 16.7. The van der Waals surface area contributed by atoms with Gasteiger partial charge >= 0.3 is 6.09 Å². The first kappa shape index (κ1) is 33.1. The van der Waals surface area contributed by atoms with Crippen molar-refractivity contribution in [2.24, 2.45) is 5.92 Å². The molecule has 0 spiro atoms. The van der Waals surface area contributed by atoms with E-state index in [9.17, 15) is 14.7 Å². The van der Waals surface area contributed by atoms with Crippen molar-refractivity contribution in [2.75, 3.05) is 31.3 Å². The van der Waals surface area contributed by atoms with E-state index in [1.807, 2.05) is 67.6 Å². The van der Waals surface area contributed by atoms with Crippen molar-refractivity contribution < 1.29 is 33.6 Å². The summed E-state index contributed by atoms with van der Waals surface area (Å²) in [6.07, 6.45) is -0.680. The van der Waals surface area contributed by atoms with Crippen molar-refractivity contribution in [1.82, 2.24) is 10.6 Å². The number of rotatable bonds is 13. The zero-order valence-electron chi connectivity index (χ0n) is 26.3. The summed E-state index contributed by atoms with van der Waals surface area (Å²) in [5, 5.41) is 17.5. The molecule has 0 bridgehead atoms. The average molecular weight is 633 g/mol. The summed E-state index contributed by atoms with van der Waals surface area (Å²) in [7, 11) is 0. The minimum Gasteiger partial charge on any atom is -0.483 e. The number of ether oxygens (including phenoxy) is 4. The lowest BCUT2D eigenvalue weighted by Crippen LogP contribution is -2.50. The van der Waals surface area contributed by atoms with Gasteiger partial charge in [0.15, 0.2) is 12.9 Å². The van der Waals surface area contributed by atoms with Gasteiger partial charge in [0.25, 0.3) is 5.91 Å². The van der Waals surface area contributed by atoms with Crippen LogP contribution in [0, 0.1) is 19.8 Å². The number of carbonyl (C=O) groups is 2. The number of aryl methyl sites for hydroxylation is 1. The third kappa shape index (κ3) is 8.48. The van der Waals surface area contributed by atoms with E-state index in [2.05, 4.69) is 10.6 Å². The zero-order chi connectivity index (χ0) is 32.6. The molecule has 6 atom stereocenters. The molecule has 3 aromatic carbocycles. The van der Waals surface area contributed by atoms with Gasteiger partial charge in [-0.05, 0) is 62.3 Å². The number of hydrogen-bond donors (Lipinski definition) is 5. The van der Waals surface area contributed by atoms with Gasteiger partial charge in [-0.15, -0.1) is 0 Å². The van der Waals surface area contributed by atoms with Crippen LogP contribution in [0.3, 0.4) is 0 Å². The zero-order valence-corrected chi connectivity index (χ0v) is 26.3. The number of fused-ring (bicyclic) bond motifs is 1. The number of alkyl carbamates (subject to hydrolysis) is 1. The monoisotopic (exact) mass is 632 g/mol. The SMILES string of the molecule is Cc1cc(N)c(N)c(C)c1OCC(=O)N[C@@H](Cc1ccccc1)C[C@H](O)[C@H](Cc1ccccc1)NC(=O)O[C@H]1CO[C@H]2OCC[C@H]21. The predicted octanol–water partition coefficient (Wildman–Crippen LogP) is 3.42. The maximum Gasteiger partial charge on any atom is 0.407 e. The van der Waals surface area contributed by atoms with Crippen LogP contribution in [0.1, 0.15) is 35.1 Å². The molecule has 46 heavy (non-hydrogen) atoms. The first-order valence-electron chi connectivity index (χ1n) is 15.7. The fourth-order valence-electron chi connectivity index (χ4n) is 6.21. The van der Waals surface area contributed by atoms with Gasteiger partial charge in [0.2, 0.25) is 0 Å². The standard InChI is InChI=1S/C35H44N4O7/c1-21-15-27(36)32(37)22(2)33(21)44-20-31(41)38-25(16-23-9-5-3-6-10-23)18-29(40)28(17-24-11-7-4-8-12-24)39-35(42)46-30-19-45-34-26(30)13-14-43-34/h3-12,15,25-26,28-30,34,40H,13-14,16-20,36-37H2,1-2H3,(H,38,41)(H,39,42)/t25-,26-,28-,29-,30-,34+/m0/s1. The second-order valence-corrected chi connectivity index (χ2v) is 12.1. The first-order valence-corrected chi connectivity index (χ1v) is 15.7. The first-order chi connectivity index (χ1) is 22.2. The molecule has 2 aliphatic rings. The van der Waals surface area contributed by atoms with Gasteiger partial charge in [0.1, 0.15) is 11.9 Å². The van der Waals surface area contributed by atoms with Crippen molar-refractivity contribution in [3.8, 4) is 5.75 Å². The highest BCUT2D eigenvalue weighted by molar-refractivity contribution is 5.78. The summed E-state index contributed by atoms with van der Waals surface area (Å²) in [6, 6.07) is 19.8. The molecule has 2 fully saturated rings. The average Bonchev–Trinajstić information content (AvgIpc) is 3.66. The topological polar surface area (TPSA) is 167 Å². The number of carbonyl (C=O) groups excluding carboxylic acids is 2. The van der Waals surface area contributed by atoms with Gasteiger partial charge in [-0.25, -0.2) is 4.79 Å². The second kappa shape index (κ2) is 15.3. The maximum atomic E-state index is 13.2. The van der Waals surface area contributed by atoms with E-state index in [0.29, 0.717) is 42.1 Å². The highest BCUT2D eigenvalue weighted by Crippen LogP contribution is 2.34. The highest BCUT2D eigenvalue weighted by Gasteiger charge is 2.44. The molecule has 0 radical (unpaired) electrons. The van der Waals surface area contributed by atoms with Crippen molar-refractivity contribution in [3.63, 3.8) is 0 Å². The Morgan fingerprint density at radius 2 is 1.65 bits per heavy atom. The molecule has 246 valence electrons. The molecule has 5 rings (SSSR count). The Balaban J connectivity index is 1.27. The number of anilines is 2.